The Hall–Kier alpha value is -8.64. The van der Waals surface area contributed by atoms with Gasteiger partial charge < -0.3 is 119 Å². The Morgan fingerprint density at radius 3 is 1.96 bits per heavy atom. The first-order valence-corrected chi connectivity index (χ1v) is 43.8. The Bertz CT molecular complexity index is 4180. The number of ketones is 3. The van der Waals surface area contributed by atoms with Gasteiger partial charge in [0.05, 0.1) is 129 Å². The number of aliphatic hydroxyl groups is 3. The minimum absolute atomic E-state index is 0.00642. The molecule has 12 N–H and O–H groups in total. The minimum Gasteiger partial charge on any atom is -0.459 e. The van der Waals surface area contributed by atoms with Gasteiger partial charge in [-0.2, -0.15) is 10.1 Å². The van der Waals surface area contributed by atoms with Crippen molar-refractivity contribution in [3.63, 3.8) is 0 Å². The summed E-state index contributed by atoms with van der Waals surface area (Å²) in [7, 11) is 3.05. The molecule has 3 aromatic heterocycles. The number of aliphatic hydroxyl groups excluding tert-OH is 2. The number of allylic oxidation sites excluding steroid dienone is 6. The van der Waals surface area contributed by atoms with Crippen LogP contribution in [-0.2, 0) is 102 Å². The topological polar surface area (TPSA) is 504 Å². The summed E-state index contributed by atoms with van der Waals surface area (Å²) in [6.45, 7) is 16.7. The summed E-state index contributed by atoms with van der Waals surface area (Å²) in [5.41, 5.74) is 23.2. The second kappa shape index (κ2) is 53.9. The van der Waals surface area contributed by atoms with Crippen molar-refractivity contribution in [3.8, 4) is 11.3 Å². The third kappa shape index (κ3) is 32.9. The number of Topliss-reactive ketones (excluding diaryl/α,β-unsaturated/α-hetero) is 3. The van der Waals surface area contributed by atoms with Gasteiger partial charge in [0.1, 0.15) is 59.6 Å². The van der Waals surface area contributed by atoms with Gasteiger partial charge in [0, 0.05) is 102 Å². The fourth-order valence-corrected chi connectivity index (χ4v) is 15.6. The Morgan fingerprint density at radius 1 is 0.680 bits per heavy atom. The first kappa shape index (κ1) is 102. The number of benzene rings is 1. The zero-order valence-corrected chi connectivity index (χ0v) is 73.8. The number of carbonyl (C=O) groups is 8. The van der Waals surface area contributed by atoms with E-state index in [1.165, 1.54) is 26.4 Å². The van der Waals surface area contributed by atoms with Crippen molar-refractivity contribution in [1.29, 1.82) is 0 Å². The molecule has 0 spiro atoms. The molecular formula is C88H134N12O25. The van der Waals surface area contributed by atoms with Gasteiger partial charge in [-0.05, 0) is 132 Å². The summed E-state index contributed by atoms with van der Waals surface area (Å²) in [5.74, 6) is -9.31. The largest absolute Gasteiger partial charge is 0.459 e. The van der Waals surface area contributed by atoms with Crippen LogP contribution in [-0.4, -0.2) is 299 Å². The van der Waals surface area contributed by atoms with Crippen molar-refractivity contribution in [3.05, 3.63) is 72.1 Å². The highest BCUT2D eigenvalue weighted by molar-refractivity contribution is 6.39. The number of oxazole rings is 1. The summed E-state index contributed by atoms with van der Waals surface area (Å²) >= 11 is 0. The number of aromatic nitrogens is 5. The number of nitrogens with one attached hydrogen (secondary N) is 3. The van der Waals surface area contributed by atoms with E-state index in [4.69, 9.17) is 88.3 Å². The van der Waals surface area contributed by atoms with Crippen molar-refractivity contribution in [2.75, 3.05) is 158 Å². The quantitative estimate of drug-likeness (QED) is 0.0111. The summed E-state index contributed by atoms with van der Waals surface area (Å²) < 4.78 is 81.6. The van der Waals surface area contributed by atoms with Crippen LogP contribution in [0, 0.1) is 29.6 Å². The number of fused-ring (bicyclic) bond motifs is 5. The molecule has 1 saturated carbocycles. The Morgan fingerprint density at radius 2 is 1.31 bits per heavy atom. The van der Waals surface area contributed by atoms with Crippen molar-refractivity contribution in [2.45, 2.75) is 211 Å². The monoisotopic (exact) mass is 1760 g/mol. The van der Waals surface area contributed by atoms with Crippen LogP contribution in [0.1, 0.15) is 144 Å². The minimum atomic E-state index is -2.51. The predicted molar refractivity (Wildman–Crippen MR) is 460 cm³/mol. The summed E-state index contributed by atoms with van der Waals surface area (Å²) in [5, 5.41) is 48.4. The second-order valence-electron chi connectivity index (χ2n) is 32.4. The summed E-state index contributed by atoms with van der Waals surface area (Å²) in [6.07, 6.45) is 9.90. The highest BCUT2D eigenvalue weighted by Gasteiger charge is 2.53. The lowest BCUT2D eigenvalue weighted by atomic mass is 9.80. The average Bonchev–Trinajstić information content (AvgIpc) is 1.61. The smallest absolute Gasteiger partial charge is 0.407 e. The number of esters is 1. The molecule has 2 saturated heterocycles. The lowest BCUT2D eigenvalue weighted by molar-refractivity contribution is -0.265. The van der Waals surface area contributed by atoms with Crippen LogP contribution in [0.5, 0.6) is 0 Å². The molecule has 37 heteroatoms. The van der Waals surface area contributed by atoms with E-state index in [0.29, 0.717) is 177 Å². The zero-order chi connectivity index (χ0) is 90.2. The molecule has 3 aliphatic heterocycles. The van der Waals surface area contributed by atoms with Crippen molar-refractivity contribution >= 4 is 81.1 Å². The average molecular weight is 1760 g/mol. The molecule has 8 rings (SSSR count). The van der Waals surface area contributed by atoms with Gasteiger partial charge in [0.2, 0.25) is 17.6 Å². The van der Waals surface area contributed by atoms with Crippen LogP contribution < -0.4 is 33.2 Å². The number of methoxy groups -OCH3 is 2. The molecule has 1 aliphatic carbocycles. The van der Waals surface area contributed by atoms with Gasteiger partial charge >= 0.3 is 12.1 Å². The van der Waals surface area contributed by atoms with Crippen LogP contribution >= 0.6 is 0 Å². The number of aryl methyl sites for hydroxylation is 1. The highest BCUT2D eigenvalue weighted by atomic mass is 16.6. The number of nitrogens with two attached hydrogens (primary N) is 3. The molecule has 37 nitrogen and oxygen atoms in total. The van der Waals surface area contributed by atoms with E-state index in [1.807, 2.05) is 56.4 Å². The second-order valence-corrected chi connectivity index (χ2v) is 32.4. The maximum atomic E-state index is 14.6. The lowest BCUT2D eigenvalue weighted by Crippen LogP contribution is -2.61. The number of carbonyl (C=O) groups excluding carboxylic acids is 8. The molecule has 4 aromatic rings. The number of nitrogen functional groups attached to an aromatic ring is 2. The maximum absolute atomic E-state index is 14.6. The number of rotatable bonds is 42. The molecule has 0 unspecified atom stereocenters. The summed E-state index contributed by atoms with van der Waals surface area (Å²) in [4.78, 5) is 123. The third-order valence-corrected chi connectivity index (χ3v) is 22.8. The van der Waals surface area contributed by atoms with Gasteiger partial charge in [-0.25, -0.2) is 24.2 Å². The van der Waals surface area contributed by atoms with Crippen LogP contribution in [0.3, 0.4) is 0 Å². The number of ether oxygens (including phenoxy) is 13. The van der Waals surface area contributed by atoms with E-state index >= 15 is 0 Å². The van der Waals surface area contributed by atoms with Crippen molar-refractivity contribution in [2.24, 2.45) is 35.3 Å². The van der Waals surface area contributed by atoms with Gasteiger partial charge in [0.15, 0.2) is 17.0 Å². The number of anilines is 2. The molecule has 4 aliphatic rings. The van der Waals surface area contributed by atoms with E-state index in [9.17, 15) is 53.7 Å². The maximum Gasteiger partial charge on any atom is 0.407 e. The highest BCUT2D eigenvalue weighted by Crippen LogP contribution is 2.39. The molecule has 15 atom stereocenters. The number of hydrogen-bond acceptors (Lipinski definition) is 32. The van der Waals surface area contributed by atoms with Gasteiger partial charge in [-0.15, -0.1) is 0 Å². The zero-order valence-electron chi connectivity index (χ0n) is 73.8. The van der Waals surface area contributed by atoms with E-state index < -0.39 is 120 Å². The van der Waals surface area contributed by atoms with E-state index in [1.54, 1.807) is 38.6 Å². The van der Waals surface area contributed by atoms with E-state index in [2.05, 4.69) is 30.9 Å². The van der Waals surface area contributed by atoms with Gasteiger partial charge in [-0.1, -0.05) is 64.2 Å². The molecular weight excluding hydrogens is 1630 g/mol. The molecule has 6 heterocycles. The SMILES string of the molecule is CO[C@H]1C[C@@H]2CC[C@@H](C)[C@@](O)(O2)C(=O)C(=O)N2CCCC[C@H]2C(=O)O[C@H]([C@H](N)C[C@@H]2CC[C@@H](OC(=O)NCCOCCOCCOCCOCCC(=O)NCCOCCOCCOCCOCCC(=O)NCCCCn3nc(-c4ccc5oc(N)nc5c4)c4c(N)ncnc43)[C@H](OC)C2)CC(=O)[C@H](C)/C=C(\C)[C@@H](O)[C@@H](O)C(=O)[C@H](C)C[C@H](C)/C=C/C=C/C=C/1C. The number of piperidine rings is 1. The Kier molecular flexibility index (Phi) is 43.8. The first-order chi connectivity index (χ1) is 60.2. The molecule has 4 amide bonds. The molecule has 2 bridgehead atoms. The number of hydrogen-bond donors (Lipinski definition) is 9. The van der Waals surface area contributed by atoms with Gasteiger partial charge in [0.25, 0.3) is 17.7 Å². The van der Waals surface area contributed by atoms with Crippen LogP contribution in [0.4, 0.5) is 16.6 Å². The molecule has 125 heavy (non-hydrogen) atoms. The first-order valence-electron chi connectivity index (χ1n) is 43.8. The third-order valence-electron chi connectivity index (χ3n) is 22.8. The van der Waals surface area contributed by atoms with Crippen LogP contribution in [0.15, 0.2) is 76.5 Å². The fraction of sp³-hybridized carbons (Fsp3) is 0.682. The summed E-state index contributed by atoms with van der Waals surface area (Å²) in [6, 6.07) is 3.28. The number of unbranched alkanes of at least 4 members (excludes halogenated alkanes) is 1. The number of cyclic esters (lactones) is 1. The van der Waals surface area contributed by atoms with E-state index in [-0.39, 0.29) is 113 Å². The van der Waals surface area contributed by atoms with Crippen LogP contribution in [0.2, 0.25) is 0 Å². The molecule has 1 aromatic carbocycles. The normalized spacial score (nSPS) is 26.6. The van der Waals surface area contributed by atoms with Gasteiger partial charge in [-0.3, -0.25) is 28.8 Å². The van der Waals surface area contributed by atoms with Crippen molar-refractivity contribution in [1.82, 2.24) is 45.6 Å². The van der Waals surface area contributed by atoms with Crippen LogP contribution in [0.25, 0.3) is 33.4 Å². The van der Waals surface area contributed by atoms with E-state index in [0.717, 1.165) is 28.9 Å². The fourth-order valence-electron chi connectivity index (χ4n) is 15.6. The number of amides is 4. The molecule has 3 fully saturated rings. The number of nitrogens with zero attached hydrogens (tertiary/aromatic N) is 6. The predicted octanol–water partition coefficient (Wildman–Crippen LogP) is 5.69. The number of alkyl carbamates (subject to hydrolysis) is 1. The Balaban J connectivity index is 0.631. The van der Waals surface area contributed by atoms with Crippen molar-refractivity contribution < 1.29 is 120 Å². The lowest BCUT2D eigenvalue weighted by Gasteiger charge is -2.42. The molecule has 696 valence electrons. The standard InChI is InChI=1S/C88H134N12O25/c1-56-16-10-9-11-17-57(2)71(112-7)53-64-22-19-61(6)88(111,125-64)81(107)84(108)99-30-14-12-18-67(99)85(109)122-72(54-68(101)58(3)49-60(5)79(105)80(106)78(104)59(4)48-56)65(89)50-62-20-23-70(73(51-62)113-8)124-87(110)94-29-35-117-39-43-121-47-45-119-41-37-115-33-26-75(103)93-28-34-116-38-42-120-46-44-118-40-36-114-32-25-74(102)92-27-13-15-31-100-83-76(82(90)95-55-96-83)77(98-100)63-21-24-69-66(52-63)97-86(91)123-69/h9-11,16-17,21,24,49,52,55-56,58-59,61-62,64-65,67,70-73,79-80,105-106,111H,12-15,18-20,22-23,25-48,50-51,53-54,89H2,1-8H3,(H2,91,97)(H,92,102)(H,93,103)(H,94,110)(H2,90,95,96)/b11-9+,16-10+,57-17+,60-49+/t56-,58-,59-,61-,62+,64+,65-,67+,70-,71+,72+,73-,79-,80+,88-/m1/s1. The molecule has 0 radical (unpaired) electrons. The Labute approximate surface area is 730 Å².